The Bertz CT molecular complexity index is 645. The molecule has 0 aromatic carbocycles. The molecule has 1 heterocycles. The Morgan fingerprint density at radius 2 is 1.90 bits per heavy atom. The van der Waals surface area contributed by atoms with Crippen molar-refractivity contribution in [1.29, 1.82) is 0 Å². The van der Waals surface area contributed by atoms with Crippen LogP contribution in [0.4, 0.5) is 0 Å². The molecule has 4 rings (SSSR count). The van der Waals surface area contributed by atoms with Crippen molar-refractivity contribution >= 4 is 5.91 Å². The van der Waals surface area contributed by atoms with Crippen LogP contribution in [0.3, 0.4) is 0 Å². The van der Waals surface area contributed by atoms with E-state index in [1.165, 1.54) is 50.5 Å². The van der Waals surface area contributed by atoms with Crippen LogP contribution in [0.2, 0.25) is 0 Å². The second-order valence-electron chi connectivity index (χ2n) is 10.7. The monoisotopic (exact) mass is 429 g/mol. The summed E-state index contributed by atoms with van der Waals surface area (Å²) < 4.78 is 0. The molecule has 3 aliphatic carbocycles. The van der Waals surface area contributed by atoms with E-state index >= 15 is 0 Å². The van der Waals surface area contributed by atoms with Crippen LogP contribution in [0.5, 0.6) is 0 Å². The molecule has 0 spiro atoms. The molecule has 2 N–H and O–H groups in total. The fourth-order valence-corrected chi connectivity index (χ4v) is 6.64. The number of carbonyl (C=O) groups is 1. The maximum Gasteiger partial charge on any atom is 0.222 e. The van der Waals surface area contributed by atoms with Crippen LogP contribution >= 0.6 is 0 Å². The standard InChI is InChI=1S/C27H43NO3/c29-23(17-20-8-2-3-9-20)12-13-24-25-18-21(16-22(25)19-26(24)30)10-4-5-11-27(31)28-14-6-1-7-15-28/h12-13,16,20,22-26,29-30H,1-11,14-15,17-19H2/t22-,23+,24+,25-,26+/m0/s1. The average Bonchev–Trinajstić information content (AvgIpc) is 3.47. The summed E-state index contributed by atoms with van der Waals surface area (Å²) in [5, 5.41) is 21.0. The van der Waals surface area contributed by atoms with Crippen molar-refractivity contribution in [2.24, 2.45) is 23.7 Å². The Labute approximate surface area is 188 Å². The normalized spacial score (nSPS) is 32.6. The predicted molar refractivity (Wildman–Crippen MR) is 124 cm³/mol. The summed E-state index contributed by atoms with van der Waals surface area (Å²) in [6.07, 6.45) is 21.3. The second kappa shape index (κ2) is 11.1. The van der Waals surface area contributed by atoms with E-state index in [2.05, 4.69) is 17.1 Å². The maximum atomic E-state index is 12.3. The van der Waals surface area contributed by atoms with Gasteiger partial charge >= 0.3 is 0 Å². The molecule has 2 saturated carbocycles. The molecule has 0 aromatic rings. The van der Waals surface area contributed by atoms with E-state index in [0.29, 0.717) is 30.1 Å². The molecule has 31 heavy (non-hydrogen) atoms. The van der Waals surface area contributed by atoms with Crippen molar-refractivity contribution < 1.29 is 15.0 Å². The zero-order valence-electron chi connectivity index (χ0n) is 19.3. The lowest BCUT2D eigenvalue weighted by molar-refractivity contribution is -0.132. The van der Waals surface area contributed by atoms with Gasteiger partial charge in [0.05, 0.1) is 12.2 Å². The number of unbranched alkanes of at least 4 members (excludes halogenated alkanes) is 1. The lowest BCUT2D eigenvalue weighted by Gasteiger charge is -2.26. The summed E-state index contributed by atoms with van der Waals surface area (Å²) in [5.74, 6) is 2.19. The molecule has 5 atom stereocenters. The predicted octanol–water partition coefficient (Wildman–Crippen LogP) is 5.00. The summed E-state index contributed by atoms with van der Waals surface area (Å²) in [7, 11) is 0. The smallest absolute Gasteiger partial charge is 0.222 e. The number of fused-ring (bicyclic) bond motifs is 1. The van der Waals surface area contributed by atoms with E-state index in [0.717, 1.165) is 51.6 Å². The minimum absolute atomic E-state index is 0.178. The summed E-state index contributed by atoms with van der Waals surface area (Å²) in [5.41, 5.74) is 1.53. The van der Waals surface area contributed by atoms with E-state index in [1.54, 1.807) is 0 Å². The van der Waals surface area contributed by atoms with Crippen LogP contribution < -0.4 is 0 Å². The first kappa shape index (κ1) is 23.0. The van der Waals surface area contributed by atoms with E-state index in [9.17, 15) is 15.0 Å². The molecule has 1 amide bonds. The van der Waals surface area contributed by atoms with Gasteiger partial charge in [-0.25, -0.2) is 0 Å². The Balaban J connectivity index is 1.18. The van der Waals surface area contributed by atoms with Crippen LogP contribution in [-0.4, -0.2) is 46.3 Å². The van der Waals surface area contributed by atoms with Gasteiger partial charge in [0.1, 0.15) is 0 Å². The third-order valence-corrected chi connectivity index (χ3v) is 8.40. The fourth-order valence-electron chi connectivity index (χ4n) is 6.64. The zero-order valence-corrected chi connectivity index (χ0v) is 19.3. The topological polar surface area (TPSA) is 60.8 Å². The molecular weight excluding hydrogens is 386 g/mol. The number of piperidine rings is 1. The fraction of sp³-hybridized carbons (Fsp3) is 0.815. The molecule has 0 bridgehead atoms. The molecule has 0 radical (unpaired) electrons. The van der Waals surface area contributed by atoms with Gasteiger partial charge < -0.3 is 15.1 Å². The lowest BCUT2D eigenvalue weighted by Crippen LogP contribution is -2.35. The van der Waals surface area contributed by atoms with Crippen LogP contribution in [0.25, 0.3) is 0 Å². The number of hydrogen-bond donors (Lipinski definition) is 2. The highest BCUT2D eigenvalue weighted by Crippen LogP contribution is 2.48. The van der Waals surface area contributed by atoms with E-state index in [1.807, 2.05) is 6.08 Å². The van der Waals surface area contributed by atoms with Gasteiger partial charge in [-0.15, -0.1) is 0 Å². The van der Waals surface area contributed by atoms with Crippen molar-refractivity contribution in [3.05, 3.63) is 23.8 Å². The minimum Gasteiger partial charge on any atom is -0.392 e. The van der Waals surface area contributed by atoms with Gasteiger partial charge in [0.15, 0.2) is 0 Å². The highest BCUT2D eigenvalue weighted by Gasteiger charge is 2.43. The molecule has 1 saturated heterocycles. The molecule has 0 unspecified atom stereocenters. The minimum atomic E-state index is -0.361. The summed E-state index contributed by atoms with van der Waals surface area (Å²) in [6.45, 7) is 1.92. The van der Waals surface area contributed by atoms with Crippen molar-refractivity contribution in [2.45, 2.75) is 102 Å². The second-order valence-corrected chi connectivity index (χ2v) is 10.7. The number of rotatable bonds is 9. The number of likely N-dealkylation sites (tertiary alicyclic amines) is 1. The largest absolute Gasteiger partial charge is 0.392 e. The number of amides is 1. The van der Waals surface area contributed by atoms with E-state index in [4.69, 9.17) is 0 Å². The molecule has 1 aliphatic heterocycles. The van der Waals surface area contributed by atoms with E-state index < -0.39 is 0 Å². The molecular formula is C27H43NO3. The van der Waals surface area contributed by atoms with Gasteiger partial charge in [-0.2, -0.15) is 0 Å². The summed E-state index contributed by atoms with van der Waals surface area (Å²) in [6, 6.07) is 0. The first-order chi connectivity index (χ1) is 15.1. The third kappa shape index (κ3) is 6.22. The van der Waals surface area contributed by atoms with Gasteiger partial charge in [-0.1, -0.05) is 49.5 Å². The van der Waals surface area contributed by atoms with Crippen molar-refractivity contribution in [3.63, 3.8) is 0 Å². The van der Waals surface area contributed by atoms with Crippen LogP contribution in [-0.2, 0) is 4.79 Å². The number of aliphatic hydroxyl groups excluding tert-OH is 2. The number of aliphatic hydroxyl groups is 2. The molecule has 174 valence electrons. The van der Waals surface area contributed by atoms with Gasteiger partial charge in [-0.05, 0) is 75.5 Å². The van der Waals surface area contributed by atoms with Crippen LogP contribution in [0, 0.1) is 23.7 Å². The van der Waals surface area contributed by atoms with Crippen molar-refractivity contribution in [2.75, 3.05) is 13.1 Å². The Morgan fingerprint density at radius 1 is 1.13 bits per heavy atom. The van der Waals surface area contributed by atoms with Gasteiger partial charge in [0.2, 0.25) is 5.91 Å². The highest BCUT2D eigenvalue weighted by molar-refractivity contribution is 5.76. The van der Waals surface area contributed by atoms with Crippen molar-refractivity contribution in [1.82, 2.24) is 4.90 Å². The first-order valence-corrected chi connectivity index (χ1v) is 13.1. The third-order valence-electron chi connectivity index (χ3n) is 8.40. The highest BCUT2D eigenvalue weighted by atomic mass is 16.3. The Kier molecular flexibility index (Phi) is 8.28. The van der Waals surface area contributed by atoms with Crippen molar-refractivity contribution in [3.8, 4) is 0 Å². The molecule has 3 fully saturated rings. The zero-order chi connectivity index (χ0) is 21.6. The molecule has 0 aromatic heterocycles. The van der Waals surface area contributed by atoms with Crippen LogP contribution in [0.1, 0.15) is 89.9 Å². The van der Waals surface area contributed by atoms with Gasteiger partial charge in [0, 0.05) is 25.4 Å². The molecule has 4 aliphatic rings. The number of nitrogens with zero attached hydrogens (tertiary/aromatic N) is 1. The van der Waals surface area contributed by atoms with E-state index in [-0.39, 0.29) is 18.1 Å². The maximum absolute atomic E-state index is 12.3. The first-order valence-electron chi connectivity index (χ1n) is 13.1. The number of allylic oxidation sites excluding steroid dienone is 2. The number of hydrogen-bond acceptors (Lipinski definition) is 3. The van der Waals surface area contributed by atoms with Crippen LogP contribution in [0.15, 0.2) is 23.8 Å². The molecule has 4 heteroatoms. The summed E-state index contributed by atoms with van der Waals surface area (Å²) >= 11 is 0. The Hall–Kier alpha value is -1.13. The Morgan fingerprint density at radius 3 is 2.68 bits per heavy atom. The lowest BCUT2D eigenvalue weighted by atomic mass is 9.88. The average molecular weight is 430 g/mol. The van der Waals surface area contributed by atoms with Gasteiger partial charge in [-0.3, -0.25) is 4.79 Å². The quantitative estimate of drug-likeness (QED) is 0.400. The SMILES string of the molecule is O=C(CCCCC1=C[C@H]2C[C@@H](O)[C@H](C=C[C@@H](O)CC3CCCC3)[C@H]2C1)N1CCCCC1. The summed E-state index contributed by atoms with van der Waals surface area (Å²) in [4.78, 5) is 14.4. The number of carbonyl (C=O) groups excluding carboxylic acids is 1. The van der Waals surface area contributed by atoms with Gasteiger partial charge in [0.25, 0.3) is 0 Å². The molecule has 4 nitrogen and oxygen atoms in total.